The van der Waals surface area contributed by atoms with E-state index in [0.717, 1.165) is 29.3 Å². The fourth-order valence-corrected chi connectivity index (χ4v) is 4.21. The molecular weight excluding hydrogens is 396 g/mol. The number of benzene rings is 1. The van der Waals surface area contributed by atoms with Crippen LogP contribution >= 0.6 is 12.2 Å². The number of thiocarbonyl (C=S) groups is 1. The lowest BCUT2D eigenvalue weighted by Crippen LogP contribution is -2.39. The molecule has 1 saturated carbocycles. The number of para-hydroxylation sites is 1. The minimum Gasteiger partial charge on any atom is -0.494 e. The molecule has 2 aromatic heterocycles. The number of nitrogens with zero attached hydrogens (tertiary/aromatic N) is 4. The van der Waals surface area contributed by atoms with Gasteiger partial charge in [0.2, 0.25) is 0 Å². The predicted molar refractivity (Wildman–Crippen MR) is 121 cm³/mol. The molecule has 1 aliphatic rings. The van der Waals surface area contributed by atoms with Crippen molar-refractivity contribution < 1.29 is 4.74 Å². The summed E-state index contributed by atoms with van der Waals surface area (Å²) in [6.45, 7) is 2.02. The van der Waals surface area contributed by atoms with Gasteiger partial charge >= 0.3 is 0 Å². The Morgan fingerprint density at radius 2 is 2.10 bits per heavy atom. The molecule has 0 radical (unpaired) electrons. The van der Waals surface area contributed by atoms with Gasteiger partial charge in [-0.1, -0.05) is 31.4 Å². The minimum atomic E-state index is 0.367. The third-order valence-corrected chi connectivity index (χ3v) is 5.71. The molecule has 0 amide bonds. The van der Waals surface area contributed by atoms with Crippen LogP contribution in [0.25, 0.3) is 16.7 Å². The quantitative estimate of drug-likeness (QED) is 0.611. The minimum absolute atomic E-state index is 0.367. The number of nitriles is 1. The number of nitrogens with one attached hydrogen (secondary N) is 2. The number of ether oxygens (including phenoxy) is 1. The van der Waals surface area contributed by atoms with Gasteiger partial charge in [0.25, 0.3) is 0 Å². The first-order valence-electron chi connectivity index (χ1n) is 10.1. The first-order valence-corrected chi connectivity index (χ1v) is 10.5. The van der Waals surface area contributed by atoms with Crippen LogP contribution < -0.4 is 15.4 Å². The number of anilines is 1. The van der Waals surface area contributed by atoms with E-state index in [1.807, 2.05) is 31.2 Å². The highest BCUT2D eigenvalue weighted by atomic mass is 32.1. The Bertz CT molecular complexity index is 1130. The molecule has 1 aromatic carbocycles. The summed E-state index contributed by atoms with van der Waals surface area (Å²) in [5.74, 6) is 1.79. The van der Waals surface area contributed by atoms with Gasteiger partial charge in [0.1, 0.15) is 22.9 Å². The number of rotatable bonds is 4. The second-order valence-corrected chi connectivity index (χ2v) is 7.93. The van der Waals surface area contributed by atoms with E-state index in [1.54, 1.807) is 11.8 Å². The molecule has 8 heteroatoms. The topological polar surface area (TPSA) is 87.8 Å². The highest BCUT2D eigenvalue weighted by Crippen LogP contribution is 2.29. The molecule has 0 spiro atoms. The van der Waals surface area contributed by atoms with E-state index in [0.29, 0.717) is 34.1 Å². The zero-order chi connectivity index (χ0) is 21.1. The van der Waals surface area contributed by atoms with E-state index in [2.05, 4.69) is 21.8 Å². The lowest BCUT2D eigenvalue weighted by molar-refractivity contribution is 0.414. The highest BCUT2D eigenvalue weighted by Gasteiger charge is 2.19. The van der Waals surface area contributed by atoms with Gasteiger partial charge in [0.05, 0.1) is 13.3 Å². The van der Waals surface area contributed by atoms with Crippen molar-refractivity contribution >= 4 is 34.1 Å². The second kappa shape index (κ2) is 8.67. The number of pyridine rings is 1. The largest absolute Gasteiger partial charge is 0.494 e. The maximum absolute atomic E-state index is 9.57. The van der Waals surface area contributed by atoms with E-state index in [9.17, 15) is 5.26 Å². The van der Waals surface area contributed by atoms with E-state index in [4.69, 9.17) is 21.9 Å². The van der Waals surface area contributed by atoms with Crippen molar-refractivity contribution in [3.8, 4) is 17.6 Å². The predicted octanol–water partition coefficient (Wildman–Crippen LogP) is 4.23. The molecule has 0 aliphatic heterocycles. The first kappa shape index (κ1) is 20.1. The van der Waals surface area contributed by atoms with Crippen molar-refractivity contribution in [2.24, 2.45) is 0 Å². The zero-order valence-corrected chi connectivity index (χ0v) is 17.9. The summed E-state index contributed by atoms with van der Waals surface area (Å²) >= 11 is 5.53. The van der Waals surface area contributed by atoms with Gasteiger partial charge < -0.3 is 15.4 Å². The number of hydrogen-bond donors (Lipinski definition) is 2. The van der Waals surface area contributed by atoms with Crippen LogP contribution in [0.1, 0.15) is 43.2 Å². The Kier molecular flexibility index (Phi) is 5.81. The maximum atomic E-state index is 9.57. The lowest BCUT2D eigenvalue weighted by Gasteiger charge is -2.24. The van der Waals surface area contributed by atoms with Gasteiger partial charge in [0.15, 0.2) is 16.7 Å². The Labute approximate surface area is 181 Å². The van der Waals surface area contributed by atoms with Crippen LogP contribution in [0, 0.1) is 18.3 Å². The van der Waals surface area contributed by atoms with Gasteiger partial charge in [-0.2, -0.15) is 15.0 Å². The summed E-state index contributed by atoms with van der Waals surface area (Å²) in [5, 5.41) is 22.0. The molecule has 4 rings (SSSR count). The standard InChI is InChI=1S/C22H24N6OS/c1-14-11-19(26-20-17(14)9-6-10-18(20)29-2)28-21(15(12-23)13-24-28)27-22(30)25-16-7-4-3-5-8-16/h6,9-11,13,16H,3-5,7-8H2,1-2H3,(H2,25,27,30). The third-order valence-electron chi connectivity index (χ3n) is 5.49. The van der Waals surface area contributed by atoms with E-state index < -0.39 is 0 Å². The van der Waals surface area contributed by atoms with Gasteiger partial charge in [-0.3, -0.25) is 0 Å². The number of methoxy groups -OCH3 is 1. The highest BCUT2D eigenvalue weighted by molar-refractivity contribution is 7.80. The zero-order valence-electron chi connectivity index (χ0n) is 17.1. The van der Waals surface area contributed by atoms with Crippen molar-refractivity contribution in [1.29, 1.82) is 5.26 Å². The molecule has 0 saturated heterocycles. The van der Waals surface area contributed by atoms with Crippen molar-refractivity contribution in [3.05, 3.63) is 41.6 Å². The summed E-state index contributed by atoms with van der Waals surface area (Å²) in [6, 6.07) is 10.3. The number of aromatic nitrogens is 3. The summed E-state index contributed by atoms with van der Waals surface area (Å²) in [5.41, 5.74) is 2.19. The van der Waals surface area contributed by atoms with Gasteiger partial charge in [-0.25, -0.2) is 4.98 Å². The molecule has 1 fully saturated rings. The van der Waals surface area contributed by atoms with Crippen LogP contribution in [0.4, 0.5) is 5.82 Å². The molecule has 3 aromatic rings. The van der Waals surface area contributed by atoms with E-state index >= 15 is 0 Å². The molecule has 1 aliphatic carbocycles. The van der Waals surface area contributed by atoms with Crippen LogP contribution in [0.15, 0.2) is 30.5 Å². The SMILES string of the molecule is COc1cccc2c(C)cc(-n3ncc(C#N)c3NC(=S)NC3CCCCC3)nc12. The normalized spacial score (nSPS) is 14.3. The molecule has 0 bridgehead atoms. The van der Waals surface area contributed by atoms with Gasteiger partial charge in [-0.05, 0) is 49.7 Å². The number of fused-ring (bicyclic) bond motifs is 1. The van der Waals surface area contributed by atoms with Crippen molar-refractivity contribution in [2.45, 2.75) is 45.1 Å². The molecule has 2 N–H and O–H groups in total. The number of hydrogen-bond acceptors (Lipinski definition) is 5. The third kappa shape index (κ3) is 3.94. The van der Waals surface area contributed by atoms with Gasteiger partial charge in [-0.15, -0.1) is 0 Å². The monoisotopic (exact) mass is 420 g/mol. The summed E-state index contributed by atoms with van der Waals surface area (Å²) in [7, 11) is 1.63. The van der Waals surface area contributed by atoms with Crippen molar-refractivity contribution in [3.63, 3.8) is 0 Å². The molecule has 0 atom stereocenters. The Hall–Kier alpha value is -3.18. The van der Waals surface area contributed by atoms with Gasteiger partial charge in [0, 0.05) is 11.4 Å². The fraction of sp³-hybridized carbons (Fsp3) is 0.364. The average molecular weight is 421 g/mol. The fourth-order valence-electron chi connectivity index (χ4n) is 3.95. The molecule has 154 valence electrons. The Morgan fingerprint density at radius 3 is 2.83 bits per heavy atom. The lowest BCUT2D eigenvalue weighted by atomic mass is 9.96. The molecule has 7 nitrogen and oxygen atoms in total. The first-order chi connectivity index (χ1) is 14.6. The molecule has 0 unspecified atom stereocenters. The number of aryl methyl sites for hydroxylation is 1. The van der Waals surface area contributed by atoms with Crippen LogP contribution in [0.2, 0.25) is 0 Å². The van der Waals surface area contributed by atoms with E-state index in [1.165, 1.54) is 25.5 Å². The Morgan fingerprint density at radius 1 is 1.30 bits per heavy atom. The van der Waals surface area contributed by atoms with Crippen molar-refractivity contribution in [2.75, 3.05) is 12.4 Å². The molecule has 30 heavy (non-hydrogen) atoms. The smallest absolute Gasteiger partial charge is 0.172 e. The molecular formula is C22H24N6OS. The average Bonchev–Trinajstić information content (AvgIpc) is 3.16. The van der Waals surface area contributed by atoms with Crippen LogP contribution in [-0.2, 0) is 0 Å². The van der Waals surface area contributed by atoms with Crippen LogP contribution in [-0.4, -0.2) is 33.0 Å². The summed E-state index contributed by atoms with van der Waals surface area (Å²) in [4.78, 5) is 4.77. The van der Waals surface area contributed by atoms with E-state index in [-0.39, 0.29) is 0 Å². The summed E-state index contributed by atoms with van der Waals surface area (Å²) < 4.78 is 7.11. The van der Waals surface area contributed by atoms with Crippen LogP contribution in [0.3, 0.4) is 0 Å². The van der Waals surface area contributed by atoms with Crippen LogP contribution in [0.5, 0.6) is 5.75 Å². The molecule has 2 heterocycles. The Balaban J connectivity index is 1.69. The maximum Gasteiger partial charge on any atom is 0.172 e. The summed E-state index contributed by atoms with van der Waals surface area (Å²) in [6.07, 6.45) is 7.44. The van der Waals surface area contributed by atoms with Crippen molar-refractivity contribution in [1.82, 2.24) is 20.1 Å². The second-order valence-electron chi connectivity index (χ2n) is 7.52.